The van der Waals surface area contributed by atoms with Crippen molar-refractivity contribution in [2.75, 3.05) is 0 Å². The maximum atomic E-state index is 12.5. The van der Waals surface area contributed by atoms with Gasteiger partial charge in [-0.2, -0.15) is 0 Å². The van der Waals surface area contributed by atoms with Gasteiger partial charge in [0.1, 0.15) is 0 Å². The summed E-state index contributed by atoms with van der Waals surface area (Å²) in [6.07, 6.45) is 1.24. The van der Waals surface area contributed by atoms with Crippen molar-refractivity contribution in [3.05, 3.63) is 78.1 Å². The van der Waals surface area contributed by atoms with Gasteiger partial charge in [0.05, 0.1) is 11.1 Å². The first kappa shape index (κ1) is 16.2. The van der Waals surface area contributed by atoms with Crippen LogP contribution in [-0.4, -0.2) is 11.0 Å². The van der Waals surface area contributed by atoms with Crippen LogP contribution in [0.4, 0.5) is 0 Å². The molecule has 0 N–H and O–H groups in total. The highest BCUT2D eigenvalue weighted by molar-refractivity contribution is 5.85. The van der Waals surface area contributed by atoms with E-state index in [2.05, 4.69) is 4.98 Å². The van der Waals surface area contributed by atoms with Crippen molar-refractivity contribution in [2.45, 2.75) is 26.9 Å². The molecule has 3 nitrogen and oxygen atoms in total. The average Bonchev–Trinajstić information content (AvgIpc) is 2.59. The Labute approximate surface area is 142 Å². The van der Waals surface area contributed by atoms with Crippen molar-refractivity contribution in [1.29, 1.82) is 0 Å². The molecule has 0 aliphatic heterocycles. The quantitative estimate of drug-likeness (QED) is 0.644. The van der Waals surface area contributed by atoms with E-state index in [-0.39, 0.29) is 5.97 Å². The molecular weight excluding hydrogens is 298 g/mol. The Morgan fingerprint density at radius 1 is 0.958 bits per heavy atom. The maximum absolute atomic E-state index is 12.5. The number of ether oxygens (including phenoxy) is 1. The van der Waals surface area contributed by atoms with Gasteiger partial charge >= 0.3 is 5.97 Å². The van der Waals surface area contributed by atoms with Crippen molar-refractivity contribution in [2.24, 2.45) is 5.41 Å². The van der Waals surface area contributed by atoms with Crippen LogP contribution in [0.25, 0.3) is 10.8 Å². The molecule has 122 valence electrons. The number of nitrogens with zero attached hydrogens (tertiary/aromatic N) is 1. The van der Waals surface area contributed by atoms with Crippen molar-refractivity contribution in [1.82, 2.24) is 4.98 Å². The van der Waals surface area contributed by atoms with E-state index in [0.29, 0.717) is 0 Å². The van der Waals surface area contributed by atoms with Crippen LogP contribution >= 0.6 is 0 Å². The lowest BCUT2D eigenvalue weighted by molar-refractivity contribution is -0.157. The molecule has 0 spiro atoms. The summed E-state index contributed by atoms with van der Waals surface area (Å²) >= 11 is 0. The SMILES string of the molecule is CC(C)(C)C(=O)O[C@@H](c1ccccc1)c1nccc2ccccc12. The Morgan fingerprint density at radius 2 is 1.62 bits per heavy atom. The molecule has 3 rings (SSSR count). The number of carbonyl (C=O) groups is 1. The molecule has 1 heterocycles. The lowest BCUT2D eigenvalue weighted by Crippen LogP contribution is -2.25. The Hall–Kier alpha value is -2.68. The van der Waals surface area contributed by atoms with E-state index in [1.54, 1.807) is 6.20 Å². The Bertz CT molecular complexity index is 845. The highest BCUT2D eigenvalue weighted by Gasteiger charge is 2.29. The molecule has 3 aromatic rings. The first-order chi connectivity index (χ1) is 11.5. The number of hydrogen-bond donors (Lipinski definition) is 0. The molecule has 0 fully saturated rings. The fourth-order valence-corrected chi connectivity index (χ4v) is 2.55. The summed E-state index contributed by atoms with van der Waals surface area (Å²) < 4.78 is 5.89. The summed E-state index contributed by atoms with van der Waals surface area (Å²) in [5.74, 6) is -0.244. The van der Waals surface area contributed by atoms with Crippen LogP contribution in [-0.2, 0) is 9.53 Å². The predicted octanol–water partition coefficient (Wildman–Crippen LogP) is 4.91. The second-order valence-corrected chi connectivity index (χ2v) is 6.86. The zero-order valence-electron chi connectivity index (χ0n) is 14.2. The first-order valence-electron chi connectivity index (χ1n) is 8.06. The number of hydrogen-bond acceptors (Lipinski definition) is 3. The molecule has 24 heavy (non-hydrogen) atoms. The third-order valence-electron chi connectivity index (χ3n) is 3.89. The number of pyridine rings is 1. The summed E-state index contributed by atoms with van der Waals surface area (Å²) in [7, 11) is 0. The van der Waals surface area contributed by atoms with Gasteiger partial charge in [0, 0.05) is 11.6 Å². The molecule has 0 bridgehead atoms. The van der Waals surface area contributed by atoms with Crippen LogP contribution in [0.15, 0.2) is 66.9 Å². The molecule has 0 radical (unpaired) electrons. The Morgan fingerprint density at radius 3 is 2.33 bits per heavy atom. The second-order valence-electron chi connectivity index (χ2n) is 6.86. The predicted molar refractivity (Wildman–Crippen MR) is 95.6 cm³/mol. The van der Waals surface area contributed by atoms with Gasteiger partial charge in [0.15, 0.2) is 6.10 Å². The summed E-state index contributed by atoms with van der Waals surface area (Å²) in [4.78, 5) is 17.0. The number of esters is 1. The number of benzene rings is 2. The molecule has 1 atom stereocenters. The molecule has 0 aliphatic rings. The number of rotatable bonds is 3. The van der Waals surface area contributed by atoms with E-state index in [0.717, 1.165) is 22.0 Å². The van der Waals surface area contributed by atoms with Gasteiger partial charge in [-0.15, -0.1) is 0 Å². The minimum absolute atomic E-state index is 0.244. The fourth-order valence-electron chi connectivity index (χ4n) is 2.55. The normalized spacial score (nSPS) is 12.8. The van der Waals surface area contributed by atoms with E-state index < -0.39 is 11.5 Å². The minimum atomic E-state index is -0.572. The largest absolute Gasteiger partial charge is 0.450 e. The smallest absolute Gasteiger partial charge is 0.312 e. The van der Waals surface area contributed by atoms with Gasteiger partial charge < -0.3 is 4.74 Å². The van der Waals surface area contributed by atoms with Crippen LogP contribution in [0.1, 0.15) is 38.1 Å². The van der Waals surface area contributed by atoms with Crippen molar-refractivity contribution in [3.63, 3.8) is 0 Å². The van der Waals surface area contributed by atoms with Crippen LogP contribution in [0.5, 0.6) is 0 Å². The van der Waals surface area contributed by atoms with Gasteiger partial charge in [-0.3, -0.25) is 9.78 Å². The number of aromatic nitrogens is 1. The molecule has 1 aromatic heterocycles. The molecule has 0 saturated carbocycles. The minimum Gasteiger partial charge on any atom is -0.450 e. The summed E-state index contributed by atoms with van der Waals surface area (Å²) in [6.45, 7) is 5.57. The first-order valence-corrected chi connectivity index (χ1v) is 8.06. The third kappa shape index (κ3) is 3.30. The van der Waals surface area contributed by atoms with Crippen LogP contribution in [0.2, 0.25) is 0 Å². The Kier molecular flexibility index (Phi) is 4.34. The topological polar surface area (TPSA) is 39.2 Å². The highest BCUT2D eigenvalue weighted by Crippen LogP contribution is 2.32. The van der Waals surface area contributed by atoms with Crippen LogP contribution in [0, 0.1) is 5.41 Å². The van der Waals surface area contributed by atoms with Crippen LogP contribution in [0.3, 0.4) is 0 Å². The number of fused-ring (bicyclic) bond motifs is 1. The summed E-state index contributed by atoms with van der Waals surface area (Å²) in [5.41, 5.74) is 1.10. The zero-order chi connectivity index (χ0) is 17.2. The fraction of sp³-hybridized carbons (Fsp3) is 0.238. The number of carbonyl (C=O) groups excluding carboxylic acids is 1. The monoisotopic (exact) mass is 319 g/mol. The van der Waals surface area contributed by atoms with E-state index in [1.165, 1.54) is 0 Å². The van der Waals surface area contributed by atoms with Crippen molar-refractivity contribution >= 4 is 16.7 Å². The van der Waals surface area contributed by atoms with E-state index in [1.807, 2.05) is 81.4 Å². The van der Waals surface area contributed by atoms with E-state index in [4.69, 9.17) is 4.74 Å². The van der Waals surface area contributed by atoms with E-state index in [9.17, 15) is 4.79 Å². The lowest BCUT2D eigenvalue weighted by atomic mass is 9.96. The zero-order valence-corrected chi connectivity index (χ0v) is 14.2. The molecule has 0 amide bonds. The van der Waals surface area contributed by atoms with Crippen LogP contribution < -0.4 is 0 Å². The molecular formula is C21H21NO2. The summed E-state index contributed by atoms with van der Waals surface area (Å²) in [5, 5.41) is 2.07. The van der Waals surface area contributed by atoms with Gasteiger partial charge in [-0.25, -0.2) is 0 Å². The van der Waals surface area contributed by atoms with Gasteiger partial charge in [-0.05, 0) is 37.8 Å². The maximum Gasteiger partial charge on any atom is 0.312 e. The standard InChI is InChI=1S/C21H21NO2/c1-21(2,3)20(23)24-19(16-10-5-4-6-11-16)18-17-12-8-7-9-15(17)13-14-22-18/h4-14,19H,1-3H3/t19-/m0/s1. The molecule has 3 heteroatoms. The molecule has 0 saturated heterocycles. The molecule has 0 aliphatic carbocycles. The molecule has 2 aromatic carbocycles. The van der Waals surface area contributed by atoms with Crippen molar-refractivity contribution < 1.29 is 9.53 Å². The lowest BCUT2D eigenvalue weighted by Gasteiger charge is -2.24. The van der Waals surface area contributed by atoms with Gasteiger partial charge in [0.25, 0.3) is 0 Å². The average molecular weight is 319 g/mol. The van der Waals surface area contributed by atoms with E-state index >= 15 is 0 Å². The second kappa shape index (κ2) is 6.44. The highest BCUT2D eigenvalue weighted by atomic mass is 16.5. The van der Waals surface area contributed by atoms with Gasteiger partial charge in [0.2, 0.25) is 0 Å². The third-order valence-corrected chi connectivity index (χ3v) is 3.89. The molecule has 0 unspecified atom stereocenters. The van der Waals surface area contributed by atoms with Gasteiger partial charge in [-0.1, -0.05) is 54.6 Å². The summed E-state index contributed by atoms with van der Waals surface area (Å²) in [6, 6.07) is 19.7. The Balaban J connectivity index is 2.12. The van der Waals surface area contributed by atoms with Crippen molar-refractivity contribution in [3.8, 4) is 0 Å².